The molecule has 0 aliphatic heterocycles. The smallest absolute Gasteiger partial charge is 0.110 e. The van der Waals surface area contributed by atoms with Crippen LogP contribution in [0.4, 0.5) is 0 Å². The minimum absolute atomic E-state index is 0.993. The van der Waals surface area contributed by atoms with Gasteiger partial charge in [-0.15, -0.1) is 0 Å². The maximum atomic E-state index is 2.41. The molecule has 1 aliphatic carbocycles. The van der Waals surface area contributed by atoms with Gasteiger partial charge in [0.2, 0.25) is 0 Å². The second kappa shape index (κ2) is 7.79. The molecule has 0 saturated heterocycles. The van der Waals surface area contributed by atoms with Crippen LogP contribution in [0.5, 0.6) is 0 Å². The van der Waals surface area contributed by atoms with Crippen molar-refractivity contribution in [3.8, 4) is 0 Å². The van der Waals surface area contributed by atoms with Gasteiger partial charge in [0, 0.05) is 5.25 Å². The summed E-state index contributed by atoms with van der Waals surface area (Å²) in [5, 5.41) is 0.993. The van der Waals surface area contributed by atoms with E-state index in [0.29, 0.717) is 0 Å². The number of hydrogen-bond donors (Lipinski definition) is 0. The van der Waals surface area contributed by atoms with Gasteiger partial charge in [0.05, 0.1) is 0 Å². The lowest BCUT2D eigenvalue weighted by Gasteiger charge is -2.12. The highest BCUT2D eigenvalue weighted by atomic mass is 32.2. The summed E-state index contributed by atoms with van der Waals surface area (Å²) in [6, 6.07) is 0. The molecule has 0 bridgehead atoms. The molecular weight excluding hydrogens is 175 g/mol. The monoisotopic (exact) mass is 197 g/mol. The molecule has 0 aromatic heterocycles. The van der Waals surface area contributed by atoms with E-state index < -0.39 is 0 Å². The molecule has 0 heterocycles. The van der Waals surface area contributed by atoms with E-state index in [-0.39, 0.29) is 0 Å². The van der Waals surface area contributed by atoms with Crippen molar-refractivity contribution in [3.63, 3.8) is 0 Å². The summed E-state index contributed by atoms with van der Waals surface area (Å²) in [6.45, 7) is 2.23. The van der Waals surface area contributed by atoms with Gasteiger partial charge in [-0.2, -0.15) is 11.8 Å². The molecular formula is C11H22BS. The van der Waals surface area contributed by atoms with Crippen LogP contribution in [0.2, 0.25) is 12.6 Å². The number of hydrogen-bond acceptors (Lipinski definition) is 1. The van der Waals surface area contributed by atoms with Crippen LogP contribution in [0, 0.1) is 0 Å². The molecule has 75 valence electrons. The van der Waals surface area contributed by atoms with Crippen LogP contribution < -0.4 is 0 Å². The lowest BCUT2D eigenvalue weighted by atomic mass is 9.73. The van der Waals surface area contributed by atoms with Crippen LogP contribution in [0.15, 0.2) is 0 Å². The van der Waals surface area contributed by atoms with Gasteiger partial charge >= 0.3 is 0 Å². The van der Waals surface area contributed by atoms with Gasteiger partial charge in [0.1, 0.15) is 7.28 Å². The zero-order valence-corrected chi connectivity index (χ0v) is 9.74. The first kappa shape index (κ1) is 11.5. The van der Waals surface area contributed by atoms with E-state index in [9.17, 15) is 0 Å². The number of rotatable bonds is 5. The summed E-state index contributed by atoms with van der Waals surface area (Å²) < 4.78 is 0. The van der Waals surface area contributed by atoms with Crippen LogP contribution in [-0.4, -0.2) is 18.3 Å². The largest absolute Gasteiger partial charge is 0.159 e. The fourth-order valence-corrected chi connectivity index (χ4v) is 3.23. The summed E-state index contributed by atoms with van der Waals surface area (Å²) in [7, 11) is 2.41. The third-order valence-electron chi connectivity index (χ3n) is 2.77. The summed E-state index contributed by atoms with van der Waals surface area (Å²) in [4.78, 5) is 0. The maximum absolute atomic E-state index is 2.41. The Hall–Kier alpha value is 0.415. The van der Waals surface area contributed by atoms with Gasteiger partial charge in [-0.25, -0.2) is 0 Å². The van der Waals surface area contributed by atoms with E-state index in [1.54, 1.807) is 0 Å². The molecule has 1 radical (unpaired) electrons. The highest BCUT2D eigenvalue weighted by molar-refractivity contribution is 7.99. The lowest BCUT2D eigenvalue weighted by Crippen LogP contribution is -2.02. The van der Waals surface area contributed by atoms with Gasteiger partial charge in [0.15, 0.2) is 0 Å². The Bertz CT molecular complexity index is 109. The maximum Gasteiger partial charge on any atom is 0.110 e. The molecule has 1 saturated carbocycles. The minimum atomic E-state index is 0.993. The standard InChI is InChI=1S/C11H22BS/c1-2-12-9-10-13-11-7-5-3-4-6-8-11/h11H,2-10H2,1H3. The van der Waals surface area contributed by atoms with E-state index in [4.69, 9.17) is 0 Å². The van der Waals surface area contributed by atoms with Gasteiger partial charge in [-0.05, 0) is 18.6 Å². The summed E-state index contributed by atoms with van der Waals surface area (Å²) in [5.74, 6) is 1.36. The van der Waals surface area contributed by atoms with Crippen molar-refractivity contribution in [2.24, 2.45) is 0 Å². The summed E-state index contributed by atoms with van der Waals surface area (Å²) in [6.07, 6.45) is 11.5. The molecule has 1 fully saturated rings. The molecule has 13 heavy (non-hydrogen) atoms. The van der Waals surface area contributed by atoms with E-state index >= 15 is 0 Å². The van der Waals surface area contributed by atoms with Crippen molar-refractivity contribution in [3.05, 3.63) is 0 Å². The predicted molar refractivity (Wildman–Crippen MR) is 65.0 cm³/mol. The van der Waals surface area contributed by atoms with Crippen LogP contribution in [0.3, 0.4) is 0 Å². The molecule has 0 atom stereocenters. The second-order valence-electron chi connectivity index (χ2n) is 3.97. The zero-order chi connectivity index (χ0) is 9.36. The third kappa shape index (κ3) is 5.67. The Morgan fingerprint density at radius 2 is 1.85 bits per heavy atom. The zero-order valence-electron chi connectivity index (χ0n) is 8.93. The van der Waals surface area contributed by atoms with E-state index in [2.05, 4.69) is 26.0 Å². The molecule has 1 aliphatic rings. The molecule has 2 heteroatoms. The molecule has 0 N–H and O–H groups in total. The van der Waals surface area contributed by atoms with Crippen LogP contribution >= 0.6 is 11.8 Å². The van der Waals surface area contributed by atoms with Crippen molar-refractivity contribution in [2.45, 2.75) is 63.3 Å². The Labute approximate surface area is 88.5 Å². The predicted octanol–water partition coefficient (Wildman–Crippen LogP) is 4.00. The molecule has 1 rings (SSSR count). The first-order valence-electron chi connectivity index (χ1n) is 5.86. The van der Waals surface area contributed by atoms with Crippen LogP contribution in [0.25, 0.3) is 0 Å². The Morgan fingerprint density at radius 3 is 2.46 bits per heavy atom. The summed E-state index contributed by atoms with van der Waals surface area (Å²) in [5.41, 5.74) is 0. The van der Waals surface area contributed by atoms with Crippen molar-refractivity contribution in [1.82, 2.24) is 0 Å². The lowest BCUT2D eigenvalue weighted by molar-refractivity contribution is 0.702. The van der Waals surface area contributed by atoms with E-state index in [0.717, 1.165) is 5.25 Å². The first-order valence-corrected chi connectivity index (χ1v) is 6.91. The highest BCUT2D eigenvalue weighted by Gasteiger charge is 2.11. The van der Waals surface area contributed by atoms with Gasteiger partial charge in [-0.1, -0.05) is 45.2 Å². The number of thioether (sulfide) groups is 1. The molecule has 0 aromatic carbocycles. The SMILES string of the molecule is CC[B]CCSC1CCCCCC1. The van der Waals surface area contributed by atoms with Gasteiger partial charge < -0.3 is 0 Å². The van der Waals surface area contributed by atoms with Crippen molar-refractivity contribution in [2.75, 3.05) is 5.75 Å². The fraction of sp³-hybridized carbons (Fsp3) is 1.00. The molecule has 0 spiro atoms. The minimum Gasteiger partial charge on any atom is -0.159 e. The van der Waals surface area contributed by atoms with Crippen molar-refractivity contribution >= 4 is 19.0 Å². The normalized spacial score (nSPS) is 19.8. The first-order chi connectivity index (χ1) is 6.43. The topological polar surface area (TPSA) is 0 Å². The quantitative estimate of drug-likeness (QED) is 0.364. The van der Waals surface area contributed by atoms with E-state index in [1.807, 2.05) is 0 Å². The average molecular weight is 197 g/mol. The second-order valence-corrected chi connectivity index (χ2v) is 5.38. The molecule has 0 nitrogen and oxygen atoms in total. The highest BCUT2D eigenvalue weighted by Crippen LogP contribution is 2.27. The molecule has 0 unspecified atom stereocenters. The van der Waals surface area contributed by atoms with Crippen LogP contribution in [0.1, 0.15) is 45.4 Å². The van der Waals surface area contributed by atoms with Crippen LogP contribution in [-0.2, 0) is 0 Å². The Balaban J connectivity index is 1.98. The van der Waals surface area contributed by atoms with Gasteiger partial charge in [-0.3, -0.25) is 0 Å². The van der Waals surface area contributed by atoms with Crippen molar-refractivity contribution in [1.29, 1.82) is 0 Å². The Kier molecular flexibility index (Phi) is 6.88. The van der Waals surface area contributed by atoms with Crippen molar-refractivity contribution < 1.29 is 0 Å². The third-order valence-corrected chi connectivity index (χ3v) is 4.18. The average Bonchev–Trinajstić information content (AvgIpc) is 2.41. The fourth-order valence-electron chi connectivity index (χ4n) is 1.93. The Morgan fingerprint density at radius 1 is 1.15 bits per heavy atom. The summed E-state index contributed by atoms with van der Waals surface area (Å²) >= 11 is 2.22. The molecule has 0 amide bonds. The molecule has 0 aromatic rings. The van der Waals surface area contributed by atoms with Gasteiger partial charge in [0.25, 0.3) is 0 Å². The van der Waals surface area contributed by atoms with E-state index in [1.165, 1.54) is 56.9 Å².